The summed E-state index contributed by atoms with van der Waals surface area (Å²) in [5.41, 5.74) is 0. The van der Waals surface area contributed by atoms with Gasteiger partial charge in [-0.3, -0.25) is 0 Å². The normalized spacial score (nSPS) is 8.38. The molecule has 0 aliphatic heterocycles. The van der Waals surface area contributed by atoms with Crippen molar-refractivity contribution < 1.29 is 17.0 Å². The Hall–Kier alpha value is 0.816. The van der Waals surface area contributed by atoms with Gasteiger partial charge in [-0.2, -0.15) is 42.1 Å². The van der Waals surface area contributed by atoms with Crippen LogP contribution in [0.25, 0.3) is 0 Å². The first-order valence-electron chi connectivity index (χ1n) is 4.02. The first-order chi connectivity index (χ1) is 5.43. The maximum Gasteiger partial charge on any atom is 2.00 e. The van der Waals surface area contributed by atoms with Crippen molar-refractivity contribution in [2.75, 3.05) is 5.75 Å². The predicted molar refractivity (Wildman–Crippen MR) is 56.7 cm³/mol. The molecule has 0 radical (unpaired) electrons. The van der Waals surface area contributed by atoms with Gasteiger partial charge in [-0.05, 0) is 12.2 Å². The summed E-state index contributed by atoms with van der Waals surface area (Å²) >= 11 is 1.91. The summed E-state index contributed by atoms with van der Waals surface area (Å²) in [6.45, 7) is 2.22. The Kier molecular flexibility index (Phi) is 13.6. The molecular formula is C10H13BrMgS. The maximum absolute atomic E-state index is 3.07. The van der Waals surface area contributed by atoms with Gasteiger partial charge in [0.1, 0.15) is 0 Å². The van der Waals surface area contributed by atoms with Crippen LogP contribution < -0.4 is 17.0 Å². The van der Waals surface area contributed by atoms with Crippen LogP contribution in [0.1, 0.15) is 19.8 Å². The third-order valence-corrected chi connectivity index (χ3v) is 2.53. The van der Waals surface area contributed by atoms with Crippen LogP contribution in [-0.2, 0) is 0 Å². The third-order valence-electron chi connectivity index (χ3n) is 1.45. The van der Waals surface area contributed by atoms with Crippen LogP contribution in [0.3, 0.4) is 0 Å². The SMILES string of the molecule is CCCCSc1c[c-]ccc1.[Br-].[Mg+2]. The summed E-state index contributed by atoms with van der Waals surface area (Å²) in [7, 11) is 0. The van der Waals surface area contributed by atoms with Gasteiger partial charge in [0.25, 0.3) is 0 Å². The van der Waals surface area contributed by atoms with Gasteiger partial charge in [0.2, 0.25) is 0 Å². The van der Waals surface area contributed by atoms with Crippen molar-refractivity contribution in [1.82, 2.24) is 0 Å². The zero-order chi connectivity index (χ0) is 7.94. The Labute approximate surface area is 112 Å². The van der Waals surface area contributed by atoms with Crippen molar-refractivity contribution in [2.45, 2.75) is 24.7 Å². The van der Waals surface area contributed by atoms with E-state index in [0.29, 0.717) is 0 Å². The minimum Gasteiger partial charge on any atom is -1.00 e. The van der Waals surface area contributed by atoms with Crippen LogP contribution in [0.4, 0.5) is 0 Å². The fourth-order valence-electron chi connectivity index (χ4n) is 0.801. The summed E-state index contributed by atoms with van der Waals surface area (Å²) in [6, 6.07) is 11.2. The zero-order valence-corrected chi connectivity index (χ0v) is 11.7. The van der Waals surface area contributed by atoms with Crippen molar-refractivity contribution in [1.29, 1.82) is 0 Å². The van der Waals surface area contributed by atoms with E-state index in [2.05, 4.69) is 19.1 Å². The molecule has 0 amide bonds. The minimum atomic E-state index is 0. The molecule has 1 aromatic carbocycles. The Morgan fingerprint density at radius 3 is 2.77 bits per heavy atom. The fraction of sp³-hybridized carbons (Fsp3) is 0.400. The molecule has 68 valence electrons. The number of halogens is 1. The molecular weight excluding hydrogens is 256 g/mol. The van der Waals surface area contributed by atoms with E-state index in [0.717, 1.165) is 0 Å². The molecule has 0 N–H and O–H groups in total. The number of unbranched alkanes of at least 4 members (excludes halogenated alkanes) is 1. The fourth-order valence-corrected chi connectivity index (χ4v) is 1.80. The van der Waals surface area contributed by atoms with Crippen LogP contribution in [0, 0.1) is 6.07 Å². The molecule has 0 aliphatic carbocycles. The van der Waals surface area contributed by atoms with Crippen LogP contribution in [0.5, 0.6) is 0 Å². The van der Waals surface area contributed by atoms with Crippen molar-refractivity contribution in [2.24, 2.45) is 0 Å². The molecule has 0 saturated heterocycles. The first kappa shape index (κ1) is 16.3. The number of benzene rings is 1. The molecule has 0 saturated carbocycles. The number of thioether (sulfide) groups is 1. The molecule has 13 heavy (non-hydrogen) atoms. The quantitative estimate of drug-likeness (QED) is 0.321. The summed E-state index contributed by atoms with van der Waals surface area (Å²) in [5.74, 6) is 1.23. The van der Waals surface area contributed by atoms with Crippen molar-refractivity contribution >= 4 is 34.8 Å². The molecule has 0 spiro atoms. The van der Waals surface area contributed by atoms with E-state index in [1.54, 1.807) is 0 Å². The molecule has 3 heteroatoms. The molecule has 0 bridgehead atoms. The molecule has 0 fully saturated rings. The van der Waals surface area contributed by atoms with Gasteiger partial charge in [0.05, 0.1) is 0 Å². The minimum absolute atomic E-state index is 0. The second-order valence-corrected chi connectivity index (χ2v) is 3.61. The zero-order valence-electron chi connectivity index (χ0n) is 7.92. The smallest absolute Gasteiger partial charge is 1.00 e. The van der Waals surface area contributed by atoms with Gasteiger partial charge in [-0.25, -0.2) is 0 Å². The van der Waals surface area contributed by atoms with Crippen molar-refractivity contribution in [3.63, 3.8) is 0 Å². The predicted octanol–water partition coefficient (Wildman–Crippen LogP) is 0.00219. The summed E-state index contributed by atoms with van der Waals surface area (Å²) in [5, 5.41) is 0. The van der Waals surface area contributed by atoms with Gasteiger partial charge >= 0.3 is 23.1 Å². The van der Waals surface area contributed by atoms with E-state index in [1.165, 1.54) is 23.5 Å². The van der Waals surface area contributed by atoms with Crippen LogP contribution >= 0.6 is 11.8 Å². The molecule has 0 atom stereocenters. The Bertz CT molecular complexity index is 191. The standard InChI is InChI=1S/C10H13S.BrH.Mg/c1-2-3-9-11-10-7-5-4-6-8-10;;/h4-5,7-8H,2-3,9H2,1H3;1H;/q-1;;+2/p-1. The monoisotopic (exact) mass is 268 g/mol. The van der Waals surface area contributed by atoms with E-state index >= 15 is 0 Å². The van der Waals surface area contributed by atoms with Crippen LogP contribution in [0.15, 0.2) is 29.2 Å². The molecule has 0 aromatic heterocycles. The Morgan fingerprint density at radius 2 is 2.23 bits per heavy atom. The molecule has 1 aromatic rings. The van der Waals surface area contributed by atoms with Crippen LogP contribution in [0.2, 0.25) is 0 Å². The van der Waals surface area contributed by atoms with E-state index in [1.807, 2.05) is 30.0 Å². The van der Waals surface area contributed by atoms with Crippen molar-refractivity contribution in [3.05, 3.63) is 30.3 Å². The summed E-state index contributed by atoms with van der Waals surface area (Å²) in [6.07, 6.45) is 2.59. The van der Waals surface area contributed by atoms with Gasteiger partial charge < -0.3 is 17.0 Å². The average molecular weight is 269 g/mol. The van der Waals surface area contributed by atoms with Crippen LogP contribution in [-0.4, -0.2) is 28.8 Å². The summed E-state index contributed by atoms with van der Waals surface area (Å²) in [4.78, 5) is 1.33. The number of hydrogen-bond acceptors (Lipinski definition) is 1. The van der Waals surface area contributed by atoms with E-state index in [9.17, 15) is 0 Å². The number of rotatable bonds is 4. The summed E-state index contributed by atoms with van der Waals surface area (Å²) < 4.78 is 0. The van der Waals surface area contributed by atoms with Gasteiger partial charge in [0, 0.05) is 0 Å². The average Bonchev–Trinajstić information content (AvgIpc) is 2.07. The van der Waals surface area contributed by atoms with E-state index < -0.39 is 0 Å². The Balaban J connectivity index is 0. The molecule has 0 unspecified atom stereocenters. The van der Waals surface area contributed by atoms with Gasteiger partial charge in [0.15, 0.2) is 0 Å². The molecule has 0 heterocycles. The van der Waals surface area contributed by atoms with Crippen molar-refractivity contribution in [3.8, 4) is 0 Å². The third kappa shape index (κ3) is 7.85. The second-order valence-electron chi connectivity index (χ2n) is 2.44. The molecule has 0 nitrogen and oxygen atoms in total. The van der Waals surface area contributed by atoms with E-state index in [4.69, 9.17) is 0 Å². The first-order valence-corrected chi connectivity index (χ1v) is 5.01. The maximum atomic E-state index is 3.07. The van der Waals surface area contributed by atoms with E-state index in [-0.39, 0.29) is 40.0 Å². The second kappa shape index (κ2) is 10.9. The van der Waals surface area contributed by atoms with Gasteiger partial charge in [-0.15, -0.1) is 4.90 Å². The van der Waals surface area contributed by atoms with Gasteiger partial charge in [-0.1, -0.05) is 13.3 Å². The number of hydrogen-bond donors (Lipinski definition) is 0. The molecule has 0 aliphatic rings. The topological polar surface area (TPSA) is 0 Å². The molecule has 1 rings (SSSR count). The Morgan fingerprint density at radius 1 is 1.46 bits per heavy atom. The largest absolute Gasteiger partial charge is 2.00 e.